The molecule has 2 amide bonds. The molecule has 2 rings (SSSR count). The van der Waals surface area contributed by atoms with Gasteiger partial charge in [0.25, 0.3) is 0 Å². The molecule has 1 aromatic heterocycles. The molecule has 0 saturated heterocycles. The molecule has 0 aliphatic carbocycles. The van der Waals surface area contributed by atoms with Crippen LogP contribution in [0.4, 0.5) is 0 Å². The van der Waals surface area contributed by atoms with Crippen molar-refractivity contribution in [3.63, 3.8) is 0 Å². The second kappa shape index (κ2) is 8.73. The number of benzene rings is 1. The molecule has 2 atom stereocenters. The number of carbonyl (C=O) groups is 3. The first-order valence-corrected chi connectivity index (χ1v) is 9.10. The van der Waals surface area contributed by atoms with E-state index >= 15 is 0 Å². The van der Waals surface area contributed by atoms with Gasteiger partial charge < -0.3 is 20.3 Å². The van der Waals surface area contributed by atoms with Crippen LogP contribution in [0.5, 0.6) is 0 Å². The van der Waals surface area contributed by atoms with E-state index in [0.717, 1.165) is 11.1 Å². The maximum Gasteiger partial charge on any atom is 0.306 e. The molecule has 7 heteroatoms. The highest BCUT2D eigenvalue weighted by atomic mass is 16.4. The van der Waals surface area contributed by atoms with Crippen LogP contribution in [-0.2, 0) is 14.4 Å². The van der Waals surface area contributed by atoms with Crippen molar-refractivity contribution < 1.29 is 19.5 Å². The highest BCUT2D eigenvalue weighted by Gasteiger charge is 2.35. The molecule has 7 nitrogen and oxygen atoms in total. The third-order valence-electron chi connectivity index (χ3n) is 4.51. The fraction of sp³-hybridized carbons (Fsp3) is 0.381. The Morgan fingerprint density at radius 3 is 2.21 bits per heavy atom. The van der Waals surface area contributed by atoms with Gasteiger partial charge in [-0.15, -0.1) is 0 Å². The van der Waals surface area contributed by atoms with Gasteiger partial charge in [-0.25, -0.2) is 0 Å². The van der Waals surface area contributed by atoms with Crippen molar-refractivity contribution in [1.29, 1.82) is 0 Å². The van der Waals surface area contributed by atoms with Crippen molar-refractivity contribution in [2.24, 2.45) is 5.41 Å². The molecule has 1 heterocycles. The molecule has 28 heavy (non-hydrogen) atoms. The van der Waals surface area contributed by atoms with Crippen LogP contribution in [0, 0.1) is 5.41 Å². The van der Waals surface area contributed by atoms with E-state index in [1.54, 1.807) is 17.0 Å². The zero-order chi connectivity index (χ0) is 20.9. The number of aromatic nitrogens is 1. The number of aliphatic carboxylic acids is 1. The molecule has 0 saturated carbocycles. The number of hydrogen-bond acceptors (Lipinski definition) is 3. The zero-order valence-electron chi connectivity index (χ0n) is 16.6. The second-order valence-corrected chi connectivity index (χ2v) is 7.75. The summed E-state index contributed by atoms with van der Waals surface area (Å²) in [5.41, 5.74) is 1.31. The average molecular weight is 385 g/mol. The Bertz CT molecular complexity index is 837. The normalized spacial score (nSPS) is 13.4. The highest BCUT2D eigenvalue weighted by Crippen LogP contribution is 2.24. The summed E-state index contributed by atoms with van der Waals surface area (Å²) in [6, 6.07) is 9.68. The molecule has 2 unspecified atom stereocenters. The van der Waals surface area contributed by atoms with E-state index in [4.69, 9.17) is 0 Å². The number of nitrogens with one attached hydrogen (secondary N) is 2. The van der Waals surface area contributed by atoms with Crippen LogP contribution in [0.25, 0.3) is 11.1 Å². The summed E-state index contributed by atoms with van der Waals surface area (Å²) in [6.45, 7) is 5.51. The Labute approximate surface area is 164 Å². The van der Waals surface area contributed by atoms with Gasteiger partial charge in [0, 0.05) is 19.4 Å². The molecule has 0 radical (unpaired) electrons. The SMILES string of the molecule is CNC(=O)C(NC(=O)C(CC(=O)O)n1ccc(-c2ccccc2)c1)C(C)(C)C. The van der Waals surface area contributed by atoms with Crippen LogP contribution in [0.3, 0.4) is 0 Å². The Balaban J connectivity index is 2.30. The molecule has 150 valence electrons. The van der Waals surface area contributed by atoms with E-state index in [-0.39, 0.29) is 12.3 Å². The fourth-order valence-corrected chi connectivity index (χ4v) is 2.97. The summed E-state index contributed by atoms with van der Waals surface area (Å²) in [5, 5.41) is 14.6. The summed E-state index contributed by atoms with van der Waals surface area (Å²) >= 11 is 0. The average Bonchev–Trinajstić information content (AvgIpc) is 3.12. The lowest BCUT2D eigenvalue weighted by atomic mass is 9.86. The summed E-state index contributed by atoms with van der Waals surface area (Å²) in [7, 11) is 1.50. The van der Waals surface area contributed by atoms with E-state index in [9.17, 15) is 19.5 Å². The van der Waals surface area contributed by atoms with Gasteiger partial charge in [-0.2, -0.15) is 0 Å². The zero-order valence-corrected chi connectivity index (χ0v) is 16.6. The van der Waals surface area contributed by atoms with Crippen molar-refractivity contribution in [3.05, 3.63) is 48.8 Å². The molecule has 2 aromatic rings. The number of carboxylic acids is 1. The van der Waals surface area contributed by atoms with E-state index in [2.05, 4.69) is 10.6 Å². The molecular formula is C21H27N3O4. The van der Waals surface area contributed by atoms with E-state index in [1.165, 1.54) is 7.05 Å². The molecular weight excluding hydrogens is 358 g/mol. The minimum atomic E-state index is -1.10. The van der Waals surface area contributed by atoms with Crippen LogP contribution in [0.2, 0.25) is 0 Å². The number of rotatable bonds is 7. The predicted molar refractivity (Wildman–Crippen MR) is 107 cm³/mol. The first-order chi connectivity index (χ1) is 13.1. The second-order valence-electron chi connectivity index (χ2n) is 7.75. The number of carboxylic acid groups (broad SMARTS) is 1. The first kappa shape index (κ1) is 21.2. The lowest BCUT2D eigenvalue weighted by Gasteiger charge is -2.31. The molecule has 0 spiro atoms. The van der Waals surface area contributed by atoms with Gasteiger partial charge in [-0.3, -0.25) is 14.4 Å². The van der Waals surface area contributed by atoms with E-state index in [0.29, 0.717) is 0 Å². The van der Waals surface area contributed by atoms with Gasteiger partial charge in [0.1, 0.15) is 12.1 Å². The van der Waals surface area contributed by atoms with Crippen LogP contribution in [0.1, 0.15) is 33.2 Å². The lowest BCUT2D eigenvalue weighted by molar-refractivity contribution is -0.141. The van der Waals surface area contributed by atoms with Crippen molar-refractivity contribution in [2.75, 3.05) is 7.05 Å². The standard InChI is InChI=1S/C21H27N3O4/c1-21(2,3)18(20(28)22-4)23-19(27)16(12-17(25)26)24-11-10-15(13-24)14-8-6-5-7-9-14/h5-11,13,16,18H,12H2,1-4H3,(H,22,28)(H,23,27)(H,25,26). The Morgan fingerprint density at radius 1 is 1.04 bits per heavy atom. The number of nitrogens with zero attached hydrogens (tertiary/aromatic N) is 1. The molecule has 0 aliphatic heterocycles. The Morgan fingerprint density at radius 2 is 1.68 bits per heavy atom. The maximum atomic E-state index is 12.9. The van der Waals surface area contributed by atoms with Crippen molar-refractivity contribution in [2.45, 2.75) is 39.3 Å². The fourth-order valence-electron chi connectivity index (χ4n) is 2.97. The summed E-state index contributed by atoms with van der Waals surface area (Å²) < 4.78 is 1.58. The predicted octanol–water partition coefficient (Wildman–Crippen LogP) is 2.45. The quantitative estimate of drug-likeness (QED) is 0.681. The molecule has 0 fully saturated rings. The van der Waals surface area contributed by atoms with Gasteiger partial charge in [-0.1, -0.05) is 51.1 Å². The highest BCUT2D eigenvalue weighted by molar-refractivity contribution is 5.91. The third-order valence-corrected chi connectivity index (χ3v) is 4.51. The minimum absolute atomic E-state index is 0.326. The van der Waals surface area contributed by atoms with Crippen LogP contribution >= 0.6 is 0 Å². The van der Waals surface area contributed by atoms with Crippen LogP contribution in [-0.4, -0.2) is 40.5 Å². The topological polar surface area (TPSA) is 100 Å². The van der Waals surface area contributed by atoms with Crippen molar-refractivity contribution >= 4 is 17.8 Å². The van der Waals surface area contributed by atoms with Gasteiger partial charge in [0.05, 0.1) is 6.42 Å². The first-order valence-electron chi connectivity index (χ1n) is 9.10. The molecule has 0 aliphatic rings. The summed E-state index contributed by atoms with van der Waals surface area (Å²) in [5.74, 6) is -1.93. The van der Waals surface area contributed by atoms with Crippen molar-refractivity contribution in [1.82, 2.24) is 15.2 Å². The third kappa shape index (κ3) is 5.22. The Kier molecular flexibility index (Phi) is 6.62. The maximum absolute atomic E-state index is 12.9. The van der Waals surface area contributed by atoms with E-state index < -0.39 is 29.4 Å². The number of carbonyl (C=O) groups excluding carboxylic acids is 2. The summed E-state index contributed by atoms with van der Waals surface area (Å²) in [4.78, 5) is 36.5. The van der Waals surface area contributed by atoms with E-state index in [1.807, 2.05) is 57.2 Å². The summed E-state index contributed by atoms with van der Waals surface area (Å²) in [6.07, 6.45) is 3.04. The van der Waals surface area contributed by atoms with Gasteiger partial charge in [-0.05, 0) is 22.6 Å². The lowest BCUT2D eigenvalue weighted by Crippen LogP contribution is -2.54. The molecule has 0 bridgehead atoms. The molecule has 1 aromatic carbocycles. The monoisotopic (exact) mass is 385 g/mol. The smallest absolute Gasteiger partial charge is 0.306 e. The van der Waals surface area contributed by atoms with Crippen LogP contribution in [0.15, 0.2) is 48.8 Å². The van der Waals surface area contributed by atoms with Gasteiger partial charge >= 0.3 is 5.97 Å². The number of hydrogen-bond donors (Lipinski definition) is 3. The number of amides is 2. The Hall–Kier alpha value is -3.09. The van der Waals surface area contributed by atoms with Crippen molar-refractivity contribution in [3.8, 4) is 11.1 Å². The number of likely N-dealkylation sites (N-methyl/N-ethyl adjacent to an activating group) is 1. The minimum Gasteiger partial charge on any atom is -0.481 e. The van der Waals surface area contributed by atoms with Crippen LogP contribution < -0.4 is 10.6 Å². The van der Waals surface area contributed by atoms with Gasteiger partial charge in [0.15, 0.2) is 0 Å². The van der Waals surface area contributed by atoms with Gasteiger partial charge in [0.2, 0.25) is 11.8 Å². The molecule has 3 N–H and O–H groups in total. The largest absolute Gasteiger partial charge is 0.481 e.